The number of fused-ring (bicyclic) bond motifs is 1. The van der Waals surface area contributed by atoms with E-state index >= 15 is 0 Å². The van der Waals surface area contributed by atoms with Crippen LogP contribution in [0.15, 0.2) is 34.9 Å². The summed E-state index contributed by atoms with van der Waals surface area (Å²) < 4.78 is 3.47. The molecule has 0 bridgehead atoms. The van der Waals surface area contributed by atoms with Crippen LogP contribution >= 0.6 is 28.3 Å². The summed E-state index contributed by atoms with van der Waals surface area (Å²) in [5, 5.41) is 0. The van der Waals surface area contributed by atoms with E-state index in [1.165, 1.54) is 29.9 Å². The summed E-state index contributed by atoms with van der Waals surface area (Å²) in [5.74, 6) is 1.24. The first-order chi connectivity index (χ1) is 7.84. The Morgan fingerprint density at radius 1 is 1.12 bits per heavy atom. The Morgan fingerprint density at radius 2 is 1.88 bits per heavy atom. The van der Waals surface area contributed by atoms with E-state index in [0.29, 0.717) is 0 Å². The molecule has 0 unspecified atom stereocenters. The van der Waals surface area contributed by atoms with Crippen LogP contribution in [0, 0.1) is 0 Å². The molecular formula is C13H14BrClN2. The van der Waals surface area contributed by atoms with Crippen LogP contribution in [-0.2, 0) is 13.0 Å². The summed E-state index contributed by atoms with van der Waals surface area (Å²) in [6, 6.07) is 8.45. The van der Waals surface area contributed by atoms with E-state index in [0.717, 1.165) is 17.4 Å². The number of imidazole rings is 1. The highest BCUT2D eigenvalue weighted by molar-refractivity contribution is 9.10. The van der Waals surface area contributed by atoms with Gasteiger partial charge in [0, 0.05) is 17.4 Å². The zero-order valence-corrected chi connectivity index (χ0v) is 11.8. The predicted molar refractivity (Wildman–Crippen MR) is 75.5 cm³/mol. The van der Waals surface area contributed by atoms with Crippen molar-refractivity contribution in [2.45, 2.75) is 25.8 Å². The molecule has 2 nitrogen and oxygen atoms in total. The SMILES string of the molecule is Brc1ccc(-c2cnc3n2CCCC3)cc1.Cl. The fraction of sp³-hybridized carbons (Fsp3) is 0.308. The summed E-state index contributed by atoms with van der Waals surface area (Å²) in [6.07, 6.45) is 5.67. The lowest BCUT2D eigenvalue weighted by molar-refractivity contribution is 0.526. The number of hydrogen-bond acceptors (Lipinski definition) is 1. The van der Waals surface area contributed by atoms with Gasteiger partial charge < -0.3 is 4.57 Å². The van der Waals surface area contributed by atoms with Crippen LogP contribution < -0.4 is 0 Å². The highest BCUT2D eigenvalue weighted by Gasteiger charge is 2.14. The van der Waals surface area contributed by atoms with E-state index in [1.54, 1.807) is 0 Å². The summed E-state index contributed by atoms with van der Waals surface area (Å²) in [5.41, 5.74) is 2.51. The van der Waals surface area contributed by atoms with Gasteiger partial charge in [0.2, 0.25) is 0 Å². The average Bonchev–Trinajstić information content (AvgIpc) is 2.74. The van der Waals surface area contributed by atoms with Gasteiger partial charge in [-0.25, -0.2) is 4.98 Å². The fourth-order valence-electron chi connectivity index (χ4n) is 2.27. The Kier molecular flexibility index (Phi) is 3.89. The van der Waals surface area contributed by atoms with E-state index in [1.807, 2.05) is 6.20 Å². The van der Waals surface area contributed by atoms with Gasteiger partial charge in [-0.2, -0.15) is 0 Å². The molecule has 2 heterocycles. The zero-order valence-electron chi connectivity index (χ0n) is 9.40. The molecule has 1 aromatic carbocycles. The topological polar surface area (TPSA) is 17.8 Å². The van der Waals surface area contributed by atoms with Crippen LogP contribution in [0.5, 0.6) is 0 Å². The molecule has 0 fully saturated rings. The lowest BCUT2D eigenvalue weighted by atomic mass is 10.1. The van der Waals surface area contributed by atoms with Crippen LogP contribution in [0.3, 0.4) is 0 Å². The first-order valence-electron chi connectivity index (χ1n) is 5.65. The molecule has 1 aliphatic rings. The summed E-state index contributed by atoms with van der Waals surface area (Å²) in [7, 11) is 0. The van der Waals surface area contributed by atoms with E-state index < -0.39 is 0 Å². The Bertz CT molecular complexity index is 505. The third-order valence-corrected chi connectivity index (χ3v) is 3.64. The second kappa shape index (κ2) is 5.23. The van der Waals surface area contributed by atoms with Crippen LogP contribution in [0.4, 0.5) is 0 Å². The molecule has 90 valence electrons. The van der Waals surface area contributed by atoms with Crippen LogP contribution in [0.25, 0.3) is 11.3 Å². The number of hydrogen-bond donors (Lipinski definition) is 0. The van der Waals surface area contributed by atoms with Gasteiger partial charge in [-0.05, 0) is 30.5 Å². The van der Waals surface area contributed by atoms with Crippen molar-refractivity contribution in [3.63, 3.8) is 0 Å². The maximum atomic E-state index is 4.51. The number of rotatable bonds is 1. The van der Waals surface area contributed by atoms with Gasteiger partial charge in [-0.15, -0.1) is 12.4 Å². The summed E-state index contributed by atoms with van der Waals surface area (Å²) >= 11 is 3.46. The Balaban J connectivity index is 0.00000108. The standard InChI is InChI=1S/C13H13BrN2.ClH/c14-11-6-4-10(5-7-11)12-9-15-13-3-1-2-8-16(12)13;/h4-7,9H,1-3,8H2;1H. The minimum Gasteiger partial charge on any atom is -0.328 e. The molecule has 0 aliphatic carbocycles. The Hall–Kier alpha value is -0.800. The second-order valence-corrected chi connectivity index (χ2v) is 5.09. The molecule has 4 heteroatoms. The Labute approximate surface area is 116 Å². The molecular weight excluding hydrogens is 300 g/mol. The van der Waals surface area contributed by atoms with Crippen molar-refractivity contribution in [3.8, 4) is 11.3 Å². The van der Waals surface area contributed by atoms with Crippen molar-refractivity contribution in [1.82, 2.24) is 9.55 Å². The monoisotopic (exact) mass is 312 g/mol. The van der Waals surface area contributed by atoms with E-state index in [2.05, 4.69) is 49.7 Å². The minimum atomic E-state index is 0. The number of aryl methyl sites for hydroxylation is 1. The van der Waals surface area contributed by atoms with Crippen molar-refractivity contribution in [3.05, 3.63) is 40.8 Å². The van der Waals surface area contributed by atoms with Gasteiger partial charge in [0.1, 0.15) is 5.82 Å². The molecule has 17 heavy (non-hydrogen) atoms. The molecule has 1 aliphatic heterocycles. The van der Waals surface area contributed by atoms with Gasteiger partial charge in [0.25, 0.3) is 0 Å². The predicted octanol–water partition coefficient (Wildman–Crippen LogP) is 4.07. The third kappa shape index (κ3) is 2.40. The molecule has 0 amide bonds. The summed E-state index contributed by atoms with van der Waals surface area (Å²) in [4.78, 5) is 4.51. The smallest absolute Gasteiger partial charge is 0.109 e. The molecule has 0 saturated carbocycles. The minimum absolute atomic E-state index is 0. The van der Waals surface area contributed by atoms with Gasteiger partial charge >= 0.3 is 0 Å². The van der Waals surface area contributed by atoms with Crippen LogP contribution in [-0.4, -0.2) is 9.55 Å². The van der Waals surface area contributed by atoms with Crippen molar-refractivity contribution < 1.29 is 0 Å². The molecule has 0 atom stereocenters. The lowest BCUT2D eigenvalue weighted by Crippen LogP contribution is -2.11. The van der Waals surface area contributed by atoms with Gasteiger partial charge in [-0.1, -0.05) is 28.1 Å². The molecule has 0 saturated heterocycles. The number of aromatic nitrogens is 2. The van der Waals surface area contributed by atoms with Crippen LogP contribution in [0.2, 0.25) is 0 Å². The fourth-order valence-corrected chi connectivity index (χ4v) is 2.53. The third-order valence-electron chi connectivity index (χ3n) is 3.11. The highest BCUT2D eigenvalue weighted by Crippen LogP contribution is 2.26. The molecule has 1 aromatic heterocycles. The van der Waals surface area contributed by atoms with Crippen LogP contribution in [0.1, 0.15) is 18.7 Å². The van der Waals surface area contributed by atoms with E-state index in [4.69, 9.17) is 0 Å². The van der Waals surface area contributed by atoms with Gasteiger partial charge in [-0.3, -0.25) is 0 Å². The number of halogens is 2. The second-order valence-electron chi connectivity index (χ2n) is 4.18. The Morgan fingerprint density at radius 3 is 2.65 bits per heavy atom. The molecule has 2 aromatic rings. The normalized spacial score (nSPS) is 13.9. The van der Waals surface area contributed by atoms with E-state index in [9.17, 15) is 0 Å². The zero-order chi connectivity index (χ0) is 11.0. The first-order valence-corrected chi connectivity index (χ1v) is 6.44. The van der Waals surface area contributed by atoms with Crippen molar-refractivity contribution in [2.24, 2.45) is 0 Å². The highest BCUT2D eigenvalue weighted by atomic mass is 79.9. The molecule has 0 N–H and O–H groups in total. The van der Waals surface area contributed by atoms with Gasteiger partial charge in [0.15, 0.2) is 0 Å². The maximum Gasteiger partial charge on any atom is 0.109 e. The average molecular weight is 314 g/mol. The molecule has 0 spiro atoms. The molecule has 0 radical (unpaired) electrons. The first kappa shape index (κ1) is 12.7. The summed E-state index contributed by atoms with van der Waals surface area (Å²) in [6.45, 7) is 1.11. The molecule has 3 rings (SSSR count). The number of nitrogens with zero attached hydrogens (tertiary/aromatic N) is 2. The quantitative estimate of drug-likeness (QED) is 0.776. The van der Waals surface area contributed by atoms with Crippen molar-refractivity contribution >= 4 is 28.3 Å². The van der Waals surface area contributed by atoms with E-state index in [-0.39, 0.29) is 12.4 Å². The number of benzene rings is 1. The van der Waals surface area contributed by atoms with Crippen molar-refractivity contribution in [2.75, 3.05) is 0 Å². The largest absolute Gasteiger partial charge is 0.328 e. The maximum absolute atomic E-state index is 4.51. The van der Waals surface area contributed by atoms with Crippen molar-refractivity contribution in [1.29, 1.82) is 0 Å². The lowest BCUT2D eigenvalue weighted by Gasteiger charge is -2.16. The van der Waals surface area contributed by atoms with Gasteiger partial charge in [0.05, 0.1) is 11.9 Å².